The number of thioether (sulfide) groups is 2. The molecular weight excluding hydrogens is 585 g/mol. The average Bonchev–Trinajstić information content (AvgIpc) is 2.87. The van der Waals surface area contributed by atoms with Crippen LogP contribution in [0.25, 0.3) is 0 Å². The molecule has 0 bridgehead atoms. The van der Waals surface area contributed by atoms with E-state index in [4.69, 9.17) is 27.9 Å². The maximum absolute atomic E-state index is 12.9. The Labute approximate surface area is 245 Å². The van der Waals surface area contributed by atoms with E-state index in [1.165, 1.54) is 13.8 Å². The zero-order chi connectivity index (χ0) is 28.9. The first-order chi connectivity index (χ1) is 18.5. The molecule has 2 amide bonds. The van der Waals surface area contributed by atoms with Crippen LogP contribution < -0.4 is 16.0 Å². The highest BCUT2D eigenvalue weighted by Gasteiger charge is 2.27. The molecule has 13 heteroatoms. The van der Waals surface area contributed by atoms with Crippen LogP contribution in [0, 0.1) is 0 Å². The molecule has 210 valence electrons. The van der Waals surface area contributed by atoms with Crippen LogP contribution in [-0.4, -0.2) is 58.2 Å². The third-order valence-corrected chi connectivity index (χ3v) is 7.65. The Morgan fingerprint density at radius 1 is 0.846 bits per heavy atom. The monoisotopic (exact) mass is 613 g/mol. The van der Waals surface area contributed by atoms with Crippen LogP contribution in [0.2, 0.25) is 10.0 Å². The minimum Gasteiger partial charge on any atom is -0.464 e. The van der Waals surface area contributed by atoms with E-state index in [0.29, 0.717) is 27.0 Å². The first-order valence-electron chi connectivity index (χ1n) is 11.8. The SMILES string of the molecule is CCOC(=O)C(CSC(=O)C(CSC(=O)Cc1ccccc1Nc1c(Cl)cccc1Cl)NC(C)=O)NC(C)=O. The molecule has 0 spiro atoms. The molecular formula is C26H29Cl2N3O6S2. The van der Waals surface area contributed by atoms with E-state index in [-0.39, 0.29) is 29.6 Å². The Balaban J connectivity index is 2.04. The molecule has 0 aliphatic carbocycles. The van der Waals surface area contributed by atoms with Crippen molar-refractivity contribution in [3.8, 4) is 0 Å². The largest absolute Gasteiger partial charge is 0.464 e. The number of ether oxygens (including phenoxy) is 1. The van der Waals surface area contributed by atoms with Gasteiger partial charge in [0.1, 0.15) is 12.1 Å². The number of amides is 2. The molecule has 9 nitrogen and oxygen atoms in total. The number of hydrogen-bond donors (Lipinski definition) is 3. The summed E-state index contributed by atoms with van der Waals surface area (Å²) in [6.07, 6.45) is 0.0392. The summed E-state index contributed by atoms with van der Waals surface area (Å²) in [5.41, 5.74) is 1.85. The van der Waals surface area contributed by atoms with E-state index in [2.05, 4.69) is 16.0 Å². The van der Waals surface area contributed by atoms with Crippen molar-refractivity contribution >= 4 is 86.1 Å². The fourth-order valence-electron chi connectivity index (χ4n) is 3.27. The summed E-state index contributed by atoms with van der Waals surface area (Å²) >= 11 is 14.2. The van der Waals surface area contributed by atoms with Crippen molar-refractivity contribution in [1.29, 1.82) is 0 Å². The normalized spacial score (nSPS) is 12.1. The average molecular weight is 615 g/mol. The number of esters is 1. The lowest BCUT2D eigenvalue weighted by Gasteiger charge is -2.19. The standard InChI is InChI=1S/C26H29Cl2N3O6S2/c1-4-37-25(35)21(29-15(2)32)13-39-26(36)22(30-16(3)33)14-38-23(34)12-17-8-5-6-11-20(17)31-24-18(27)9-7-10-19(24)28/h5-11,21-22,31H,4,12-14H2,1-3H3,(H,29,32)(H,30,33). The van der Waals surface area contributed by atoms with Gasteiger partial charge in [-0.3, -0.25) is 19.2 Å². The molecule has 3 N–H and O–H groups in total. The summed E-state index contributed by atoms with van der Waals surface area (Å²) in [5, 5.41) is 8.34. The van der Waals surface area contributed by atoms with E-state index >= 15 is 0 Å². The molecule has 0 aliphatic rings. The summed E-state index contributed by atoms with van der Waals surface area (Å²) in [7, 11) is 0. The molecule has 2 rings (SSSR count). The molecule has 0 aromatic heterocycles. The third-order valence-electron chi connectivity index (χ3n) is 4.99. The number of halogens is 2. The topological polar surface area (TPSA) is 131 Å². The lowest BCUT2D eigenvalue weighted by molar-refractivity contribution is -0.146. The molecule has 0 aliphatic heterocycles. The van der Waals surface area contributed by atoms with E-state index in [0.717, 1.165) is 23.5 Å². The van der Waals surface area contributed by atoms with Crippen molar-refractivity contribution in [2.24, 2.45) is 0 Å². The second kappa shape index (κ2) is 16.4. The van der Waals surface area contributed by atoms with Crippen LogP contribution in [-0.2, 0) is 35.1 Å². The number of para-hydroxylation sites is 2. The fraction of sp³-hybridized carbons (Fsp3) is 0.346. The summed E-state index contributed by atoms with van der Waals surface area (Å²) in [6, 6.07) is 10.3. The van der Waals surface area contributed by atoms with Gasteiger partial charge in [-0.05, 0) is 30.7 Å². The highest BCUT2D eigenvalue weighted by molar-refractivity contribution is 8.15. The second-order valence-electron chi connectivity index (χ2n) is 8.13. The number of anilines is 2. The second-order valence-corrected chi connectivity index (χ2v) is 11.0. The highest BCUT2D eigenvalue weighted by Crippen LogP contribution is 2.34. The van der Waals surface area contributed by atoms with Crippen LogP contribution in [0.3, 0.4) is 0 Å². The van der Waals surface area contributed by atoms with E-state index in [1.807, 2.05) is 0 Å². The van der Waals surface area contributed by atoms with Crippen LogP contribution in [0.5, 0.6) is 0 Å². The zero-order valence-electron chi connectivity index (χ0n) is 21.5. The third kappa shape index (κ3) is 11.1. The predicted octanol–water partition coefficient (Wildman–Crippen LogP) is 4.37. The Morgan fingerprint density at radius 3 is 2.05 bits per heavy atom. The van der Waals surface area contributed by atoms with Gasteiger partial charge in [-0.1, -0.05) is 71.0 Å². The molecule has 2 aromatic rings. The molecule has 0 fully saturated rings. The summed E-state index contributed by atoms with van der Waals surface area (Å²) in [5.74, 6) is -1.67. The van der Waals surface area contributed by atoms with Crippen LogP contribution in [0.1, 0.15) is 26.3 Å². The van der Waals surface area contributed by atoms with Gasteiger partial charge in [0.25, 0.3) is 0 Å². The molecule has 0 radical (unpaired) electrons. The maximum atomic E-state index is 12.9. The fourth-order valence-corrected chi connectivity index (χ4v) is 5.60. The molecule has 0 saturated carbocycles. The number of rotatable bonds is 13. The van der Waals surface area contributed by atoms with E-state index in [1.54, 1.807) is 49.4 Å². The van der Waals surface area contributed by atoms with E-state index in [9.17, 15) is 24.0 Å². The summed E-state index contributed by atoms with van der Waals surface area (Å²) in [6.45, 7) is 4.25. The molecule has 39 heavy (non-hydrogen) atoms. The quantitative estimate of drug-likeness (QED) is 0.282. The van der Waals surface area contributed by atoms with E-state index < -0.39 is 35.0 Å². The molecule has 2 aromatic carbocycles. The number of benzene rings is 2. The van der Waals surface area contributed by atoms with Gasteiger partial charge in [0.2, 0.25) is 16.9 Å². The Hall–Kier alpha value is -2.73. The smallest absolute Gasteiger partial charge is 0.329 e. The number of hydrogen-bond acceptors (Lipinski definition) is 9. The van der Waals surface area contributed by atoms with Gasteiger partial charge in [0.15, 0.2) is 5.12 Å². The van der Waals surface area contributed by atoms with Gasteiger partial charge in [0, 0.05) is 37.5 Å². The van der Waals surface area contributed by atoms with Crippen molar-refractivity contribution in [2.45, 2.75) is 39.3 Å². The molecule has 2 atom stereocenters. The van der Waals surface area contributed by atoms with Crippen molar-refractivity contribution in [3.05, 3.63) is 58.1 Å². The van der Waals surface area contributed by atoms with Crippen LogP contribution in [0.4, 0.5) is 11.4 Å². The first kappa shape index (κ1) is 32.5. The van der Waals surface area contributed by atoms with Gasteiger partial charge < -0.3 is 20.7 Å². The number of carbonyl (C=O) groups is 5. The Kier molecular flexibility index (Phi) is 13.7. The van der Waals surface area contributed by atoms with Crippen molar-refractivity contribution in [3.63, 3.8) is 0 Å². The molecule has 0 saturated heterocycles. The number of carbonyl (C=O) groups excluding carboxylic acids is 5. The highest BCUT2D eigenvalue weighted by atomic mass is 35.5. The van der Waals surface area contributed by atoms with Gasteiger partial charge in [-0.15, -0.1) is 0 Å². The first-order valence-corrected chi connectivity index (χ1v) is 14.6. The lowest BCUT2D eigenvalue weighted by Crippen LogP contribution is -2.44. The Bertz CT molecular complexity index is 1190. The Morgan fingerprint density at radius 2 is 1.44 bits per heavy atom. The molecule has 0 heterocycles. The van der Waals surface area contributed by atoms with Gasteiger partial charge in [0.05, 0.1) is 22.3 Å². The lowest BCUT2D eigenvalue weighted by atomic mass is 10.1. The molecule has 2 unspecified atom stereocenters. The maximum Gasteiger partial charge on any atom is 0.329 e. The van der Waals surface area contributed by atoms with Crippen LogP contribution in [0.15, 0.2) is 42.5 Å². The van der Waals surface area contributed by atoms with Gasteiger partial charge in [-0.2, -0.15) is 0 Å². The van der Waals surface area contributed by atoms with Crippen LogP contribution >= 0.6 is 46.7 Å². The summed E-state index contributed by atoms with van der Waals surface area (Å²) < 4.78 is 4.94. The van der Waals surface area contributed by atoms with Gasteiger partial charge >= 0.3 is 5.97 Å². The van der Waals surface area contributed by atoms with Crippen molar-refractivity contribution < 1.29 is 28.7 Å². The predicted molar refractivity (Wildman–Crippen MR) is 157 cm³/mol. The summed E-state index contributed by atoms with van der Waals surface area (Å²) in [4.78, 5) is 61.0. The van der Waals surface area contributed by atoms with Gasteiger partial charge in [-0.25, -0.2) is 4.79 Å². The zero-order valence-corrected chi connectivity index (χ0v) is 24.7. The number of nitrogens with one attached hydrogen (secondary N) is 3. The van der Waals surface area contributed by atoms with Crippen molar-refractivity contribution in [1.82, 2.24) is 10.6 Å². The van der Waals surface area contributed by atoms with Crippen molar-refractivity contribution in [2.75, 3.05) is 23.4 Å². The minimum absolute atomic E-state index is 0.0135. The minimum atomic E-state index is -1.03.